The Hall–Kier alpha value is -2.27. The van der Waals surface area contributed by atoms with Crippen molar-refractivity contribution in [3.8, 4) is 0 Å². The Kier molecular flexibility index (Phi) is 8.05. The second-order valence-corrected chi connectivity index (χ2v) is 11.4. The Labute approximate surface area is 190 Å². The quantitative estimate of drug-likeness (QED) is 0.537. The first-order chi connectivity index (χ1) is 15.2. The van der Waals surface area contributed by atoms with Crippen molar-refractivity contribution in [2.45, 2.75) is 48.8 Å². The molecule has 0 atom stereocenters. The van der Waals surface area contributed by atoms with Crippen molar-refractivity contribution in [3.05, 3.63) is 54.1 Å². The van der Waals surface area contributed by atoms with Crippen LogP contribution in [0.3, 0.4) is 0 Å². The lowest BCUT2D eigenvalue weighted by atomic mass is 10.2. The molecule has 0 bridgehead atoms. The third kappa shape index (κ3) is 5.94. The maximum absolute atomic E-state index is 12.7. The van der Waals surface area contributed by atoms with Gasteiger partial charge in [0.2, 0.25) is 20.0 Å². The number of nitrogens with zero attached hydrogens (tertiary/aromatic N) is 1. The first-order valence-corrected chi connectivity index (χ1v) is 13.7. The van der Waals surface area contributed by atoms with E-state index in [4.69, 9.17) is 0 Å². The number of hydrogen-bond donors (Lipinski definition) is 2. The highest BCUT2D eigenvalue weighted by molar-refractivity contribution is 7.89. The summed E-state index contributed by atoms with van der Waals surface area (Å²) in [5.74, 6) is -0.484. The van der Waals surface area contributed by atoms with E-state index in [9.17, 15) is 21.6 Å². The molecule has 1 heterocycles. The van der Waals surface area contributed by atoms with Gasteiger partial charge in [0, 0.05) is 30.9 Å². The molecule has 2 aromatic carbocycles. The van der Waals surface area contributed by atoms with Crippen molar-refractivity contribution >= 4 is 31.6 Å². The molecular formula is C22H29N3O5S2. The first kappa shape index (κ1) is 24.4. The maximum Gasteiger partial charge on any atom is 0.255 e. The summed E-state index contributed by atoms with van der Waals surface area (Å²) in [6, 6.07) is 11.8. The van der Waals surface area contributed by atoms with E-state index in [0.717, 1.165) is 32.1 Å². The second-order valence-electron chi connectivity index (χ2n) is 7.72. The molecule has 8 nitrogen and oxygen atoms in total. The van der Waals surface area contributed by atoms with Gasteiger partial charge >= 0.3 is 0 Å². The van der Waals surface area contributed by atoms with E-state index in [2.05, 4.69) is 10.0 Å². The van der Waals surface area contributed by atoms with Crippen LogP contribution in [0.4, 0.5) is 5.69 Å². The lowest BCUT2D eigenvalue weighted by molar-refractivity contribution is 0.102. The molecule has 2 aromatic rings. The lowest BCUT2D eigenvalue weighted by Crippen LogP contribution is -2.35. The summed E-state index contributed by atoms with van der Waals surface area (Å²) in [5.41, 5.74) is 0.607. The highest BCUT2D eigenvalue weighted by Crippen LogP contribution is 2.22. The average molecular weight is 480 g/mol. The predicted molar refractivity (Wildman–Crippen MR) is 124 cm³/mol. The minimum absolute atomic E-state index is 0.0178. The minimum Gasteiger partial charge on any atom is -0.322 e. The zero-order chi connectivity index (χ0) is 23.2. The van der Waals surface area contributed by atoms with E-state index in [1.165, 1.54) is 52.8 Å². The molecule has 174 valence electrons. The van der Waals surface area contributed by atoms with Crippen molar-refractivity contribution in [2.24, 2.45) is 0 Å². The van der Waals surface area contributed by atoms with Crippen LogP contribution in [0.2, 0.25) is 0 Å². The summed E-state index contributed by atoms with van der Waals surface area (Å²) in [4.78, 5) is 12.8. The number of carbonyl (C=O) groups is 1. The normalized spacial score (nSPS) is 15.4. The summed E-state index contributed by atoms with van der Waals surface area (Å²) in [5, 5.41) is 2.68. The molecule has 3 rings (SSSR count). The van der Waals surface area contributed by atoms with Crippen molar-refractivity contribution < 1.29 is 21.6 Å². The number of sulfonamides is 2. The van der Waals surface area contributed by atoms with Crippen molar-refractivity contribution in [1.82, 2.24) is 9.03 Å². The maximum atomic E-state index is 12.7. The van der Waals surface area contributed by atoms with E-state index in [1.54, 1.807) is 0 Å². The van der Waals surface area contributed by atoms with Crippen LogP contribution in [0, 0.1) is 0 Å². The molecule has 32 heavy (non-hydrogen) atoms. The molecule has 10 heteroatoms. The topological polar surface area (TPSA) is 113 Å². The molecule has 0 aliphatic carbocycles. The number of piperidine rings is 1. The number of anilines is 1. The minimum atomic E-state index is -3.70. The molecule has 0 radical (unpaired) electrons. The van der Waals surface area contributed by atoms with Crippen LogP contribution in [0.25, 0.3) is 0 Å². The molecule has 1 fully saturated rings. The Balaban J connectivity index is 1.70. The van der Waals surface area contributed by atoms with Crippen LogP contribution < -0.4 is 10.0 Å². The molecule has 1 saturated heterocycles. The number of benzene rings is 2. The van der Waals surface area contributed by atoms with E-state index >= 15 is 0 Å². The lowest BCUT2D eigenvalue weighted by Gasteiger charge is -2.25. The third-order valence-corrected chi connectivity index (χ3v) is 8.67. The fourth-order valence-electron chi connectivity index (χ4n) is 3.44. The first-order valence-electron chi connectivity index (χ1n) is 10.8. The summed E-state index contributed by atoms with van der Waals surface area (Å²) in [6.07, 6.45) is 4.34. The summed E-state index contributed by atoms with van der Waals surface area (Å²) in [6.45, 7) is 3.34. The van der Waals surface area contributed by atoms with Crippen LogP contribution >= 0.6 is 0 Å². The molecule has 0 saturated carbocycles. The highest BCUT2D eigenvalue weighted by atomic mass is 32.2. The van der Waals surface area contributed by atoms with Crippen molar-refractivity contribution in [2.75, 3.05) is 25.0 Å². The average Bonchev–Trinajstić information content (AvgIpc) is 2.80. The van der Waals surface area contributed by atoms with Crippen molar-refractivity contribution in [3.63, 3.8) is 0 Å². The van der Waals surface area contributed by atoms with Gasteiger partial charge in [-0.15, -0.1) is 0 Å². The molecule has 2 N–H and O–H groups in total. The number of carbonyl (C=O) groups excluding carboxylic acids is 1. The fraction of sp³-hybridized carbons (Fsp3) is 0.409. The van der Waals surface area contributed by atoms with Crippen LogP contribution in [0.1, 0.15) is 49.4 Å². The van der Waals surface area contributed by atoms with Gasteiger partial charge in [0.25, 0.3) is 5.91 Å². The molecular weight excluding hydrogens is 450 g/mol. The van der Waals surface area contributed by atoms with Crippen molar-refractivity contribution in [1.29, 1.82) is 0 Å². The Bertz CT molecular complexity index is 1140. The largest absolute Gasteiger partial charge is 0.322 e. The molecule has 0 spiro atoms. The molecule has 0 unspecified atom stereocenters. The summed E-state index contributed by atoms with van der Waals surface area (Å²) < 4.78 is 54.3. The van der Waals surface area contributed by atoms with Gasteiger partial charge in [0.05, 0.1) is 9.79 Å². The SMILES string of the molecule is CCCCNS(=O)(=O)c1cccc(C(=O)Nc2ccc(S(=O)(=O)N3CCCCC3)cc2)c1. The van der Waals surface area contributed by atoms with E-state index in [-0.39, 0.29) is 15.4 Å². The van der Waals surface area contributed by atoms with Gasteiger partial charge in [-0.1, -0.05) is 25.8 Å². The summed E-state index contributed by atoms with van der Waals surface area (Å²) >= 11 is 0. The number of nitrogens with one attached hydrogen (secondary N) is 2. The standard InChI is InChI=1S/C22H29N3O5S2/c1-2-3-14-23-31(27,28)21-9-7-8-18(17-21)22(26)24-19-10-12-20(13-11-19)32(29,30)25-15-5-4-6-16-25/h7-13,17,23H,2-6,14-16H2,1H3,(H,24,26). The van der Waals surface area contributed by atoms with Gasteiger partial charge in [-0.05, 0) is 61.7 Å². The van der Waals surface area contributed by atoms with Gasteiger partial charge in [0.15, 0.2) is 0 Å². The molecule has 1 aliphatic heterocycles. The second kappa shape index (κ2) is 10.6. The molecule has 0 aromatic heterocycles. The van der Waals surface area contributed by atoms with Gasteiger partial charge in [0.1, 0.15) is 0 Å². The van der Waals surface area contributed by atoms with E-state index in [1.807, 2.05) is 6.92 Å². The van der Waals surface area contributed by atoms with Crippen LogP contribution in [-0.2, 0) is 20.0 Å². The Morgan fingerprint density at radius 1 is 0.938 bits per heavy atom. The van der Waals surface area contributed by atoms with Gasteiger partial charge in [-0.2, -0.15) is 4.31 Å². The van der Waals surface area contributed by atoms with E-state index in [0.29, 0.717) is 25.3 Å². The number of rotatable bonds is 9. The van der Waals surface area contributed by atoms with Gasteiger partial charge in [-0.25, -0.2) is 21.6 Å². The highest BCUT2D eigenvalue weighted by Gasteiger charge is 2.25. The third-order valence-electron chi connectivity index (χ3n) is 5.29. The number of hydrogen-bond acceptors (Lipinski definition) is 5. The smallest absolute Gasteiger partial charge is 0.255 e. The monoisotopic (exact) mass is 479 g/mol. The van der Waals surface area contributed by atoms with Gasteiger partial charge < -0.3 is 5.32 Å². The zero-order valence-corrected chi connectivity index (χ0v) is 19.7. The van der Waals surface area contributed by atoms with Crippen LogP contribution in [0.15, 0.2) is 58.3 Å². The van der Waals surface area contributed by atoms with Crippen LogP contribution in [-0.4, -0.2) is 46.7 Å². The van der Waals surface area contributed by atoms with Gasteiger partial charge in [-0.3, -0.25) is 4.79 Å². The Morgan fingerprint density at radius 2 is 1.62 bits per heavy atom. The predicted octanol–water partition coefficient (Wildman–Crippen LogP) is 3.19. The fourth-order valence-corrected chi connectivity index (χ4v) is 6.08. The number of unbranched alkanes of at least 4 members (excludes halogenated alkanes) is 1. The number of amides is 1. The molecule has 1 aliphatic rings. The van der Waals surface area contributed by atoms with E-state index < -0.39 is 26.0 Å². The summed E-state index contributed by atoms with van der Waals surface area (Å²) in [7, 11) is -7.24. The Morgan fingerprint density at radius 3 is 2.28 bits per heavy atom. The molecule has 1 amide bonds. The zero-order valence-electron chi connectivity index (χ0n) is 18.1. The van der Waals surface area contributed by atoms with Crippen LogP contribution in [0.5, 0.6) is 0 Å².